The van der Waals surface area contributed by atoms with Crippen molar-refractivity contribution < 1.29 is 23.8 Å². The first-order chi connectivity index (χ1) is 20.9. The highest BCUT2D eigenvalue weighted by Gasteiger charge is 2.17. The minimum atomic E-state index is -1.01. The van der Waals surface area contributed by atoms with Gasteiger partial charge in [-0.2, -0.15) is 9.78 Å². The van der Waals surface area contributed by atoms with Crippen LogP contribution in [0.3, 0.4) is 0 Å². The third kappa shape index (κ3) is 5.77. The summed E-state index contributed by atoms with van der Waals surface area (Å²) in [4.78, 5) is 29.7. The van der Waals surface area contributed by atoms with Crippen LogP contribution in [0.5, 0.6) is 11.5 Å². The molecule has 0 spiro atoms. The van der Waals surface area contributed by atoms with Crippen molar-refractivity contribution >= 4 is 50.0 Å². The average Bonchev–Trinajstić information content (AvgIpc) is 3.45. The summed E-state index contributed by atoms with van der Waals surface area (Å²) in [5.74, 6) is 0.585. The van der Waals surface area contributed by atoms with Crippen LogP contribution in [0.15, 0.2) is 110 Å². The molecule has 214 valence electrons. The van der Waals surface area contributed by atoms with Crippen LogP contribution < -0.4 is 15.0 Å². The minimum absolute atomic E-state index is 0.139. The number of nitrogens with zero attached hydrogens (tertiary/aromatic N) is 3. The Morgan fingerprint density at radius 1 is 1.00 bits per heavy atom. The number of ether oxygens (including phenoxy) is 2. The van der Waals surface area contributed by atoms with Crippen molar-refractivity contribution in [3.8, 4) is 23.1 Å². The smallest absolute Gasteiger partial charge is 0.335 e. The van der Waals surface area contributed by atoms with Crippen LogP contribution in [-0.2, 0) is 6.61 Å². The predicted octanol–water partition coefficient (Wildman–Crippen LogP) is 7.13. The Bertz CT molecular complexity index is 2050. The molecule has 10 heteroatoms. The summed E-state index contributed by atoms with van der Waals surface area (Å²) in [6, 6.07) is 26.5. The molecule has 0 unspecified atom stereocenters. The zero-order chi connectivity index (χ0) is 29.9. The fourth-order valence-corrected chi connectivity index (χ4v) is 5.01. The number of benzene rings is 4. The maximum Gasteiger partial charge on any atom is 0.335 e. The second kappa shape index (κ2) is 11.9. The molecule has 4 aromatic carbocycles. The van der Waals surface area contributed by atoms with Gasteiger partial charge in [-0.1, -0.05) is 42.5 Å². The molecule has 2 aromatic heterocycles. The van der Waals surface area contributed by atoms with Crippen LogP contribution in [0, 0.1) is 0 Å². The van der Waals surface area contributed by atoms with E-state index in [4.69, 9.17) is 18.9 Å². The Morgan fingerprint density at radius 3 is 2.60 bits per heavy atom. The number of aromatic carboxylic acids is 1. The molecule has 6 rings (SSSR count). The molecule has 0 aliphatic carbocycles. The number of carboxylic acid groups (broad SMARTS) is 1. The van der Waals surface area contributed by atoms with Crippen LogP contribution >= 0.6 is 15.9 Å². The maximum absolute atomic E-state index is 13.6. The SMILES string of the molecule is CCOc1cc(C=Nn2c(-c3cc4ccccc4o3)nc3ccccc3c2=O)c(Br)cc1OCc1cccc(C(=O)O)c1. The van der Waals surface area contributed by atoms with Crippen molar-refractivity contribution in [3.05, 3.63) is 123 Å². The molecule has 0 atom stereocenters. The minimum Gasteiger partial charge on any atom is -0.490 e. The van der Waals surface area contributed by atoms with Crippen molar-refractivity contribution in [2.75, 3.05) is 6.61 Å². The first-order valence-corrected chi connectivity index (χ1v) is 14.2. The summed E-state index contributed by atoms with van der Waals surface area (Å²) in [6.45, 7) is 2.38. The number of fused-ring (bicyclic) bond motifs is 2. The lowest BCUT2D eigenvalue weighted by Crippen LogP contribution is -2.20. The van der Waals surface area contributed by atoms with E-state index in [9.17, 15) is 14.7 Å². The Balaban J connectivity index is 1.38. The van der Waals surface area contributed by atoms with Gasteiger partial charge in [0.25, 0.3) is 5.56 Å². The molecule has 0 amide bonds. The fraction of sp³-hybridized carbons (Fsp3) is 0.0909. The molecule has 0 aliphatic heterocycles. The van der Waals surface area contributed by atoms with E-state index in [1.54, 1.807) is 48.5 Å². The van der Waals surface area contributed by atoms with Gasteiger partial charge in [-0.3, -0.25) is 4.79 Å². The number of para-hydroxylation sites is 2. The predicted molar refractivity (Wildman–Crippen MR) is 167 cm³/mol. The van der Waals surface area contributed by atoms with E-state index in [0.29, 0.717) is 56.0 Å². The highest BCUT2D eigenvalue weighted by molar-refractivity contribution is 9.10. The molecule has 0 aliphatic rings. The van der Waals surface area contributed by atoms with Crippen molar-refractivity contribution in [1.82, 2.24) is 9.66 Å². The summed E-state index contributed by atoms with van der Waals surface area (Å²) in [5, 5.41) is 15.1. The molecule has 0 fully saturated rings. The summed E-state index contributed by atoms with van der Waals surface area (Å²) in [6.07, 6.45) is 1.54. The second-order valence-electron chi connectivity index (χ2n) is 9.51. The summed E-state index contributed by atoms with van der Waals surface area (Å²) >= 11 is 3.58. The average molecular weight is 638 g/mol. The number of carboxylic acids is 1. The van der Waals surface area contributed by atoms with E-state index < -0.39 is 5.97 Å². The van der Waals surface area contributed by atoms with E-state index in [1.165, 1.54) is 17.0 Å². The van der Waals surface area contributed by atoms with Gasteiger partial charge in [-0.25, -0.2) is 9.78 Å². The van der Waals surface area contributed by atoms with Gasteiger partial charge >= 0.3 is 5.97 Å². The molecule has 0 radical (unpaired) electrons. The molecule has 6 aromatic rings. The molecular weight excluding hydrogens is 614 g/mol. The third-order valence-corrected chi connectivity index (χ3v) is 7.33. The lowest BCUT2D eigenvalue weighted by Gasteiger charge is -2.14. The van der Waals surface area contributed by atoms with Crippen LogP contribution in [-0.4, -0.2) is 33.6 Å². The molecule has 1 N–H and O–H groups in total. The normalized spacial score (nSPS) is 11.4. The van der Waals surface area contributed by atoms with Gasteiger partial charge in [-0.15, -0.1) is 0 Å². The topological polar surface area (TPSA) is 116 Å². The first-order valence-electron chi connectivity index (χ1n) is 13.4. The first kappa shape index (κ1) is 27.9. The monoisotopic (exact) mass is 637 g/mol. The molecule has 43 heavy (non-hydrogen) atoms. The van der Waals surface area contributed by atoms with Crippen molar-refractivity contribution in [1.29, 1.82) is 0 Å². The number of aromatic nitrogens is 2. The van der Waals surface area contributed by atoms with Gasteiger partial charge in [-0.05, 0) is 76.9 Å². The van der Waals surface area contributed by atoms with E-state index in [2.05, 4.69) is 21.0 Å². The van der Waals surface area contributed by atoms with Crippen LogP contribution in [0.4, 0.5) is 0 Å². The van der Waals surface area contributed by atoms with Crippen LogP contribution in [0.25, 0.3) is 33.5 Å². The van der Waals surface area contributed by atoms with Gasteiger partial charge in [0.15, 0.2) is 17.3 Å². The van der Waals surface area contributed by atoms with Crippen LogP contribution in [0.1, 0.15) is 28.4 Å². The van der Waals surface area contributed by atoms with Crippen molar-refractivity contribution in [2.24, 2.45) is 5.10 Å². The number of furan rings is 1. The molecule has 0 bridgehead atoms. The standard InChI is InChI=1S/C33H24BrN3O6/c1-2-41-28-16-23(25(34)17-29(28)42-19-20-8-7-10-22(14-20)33(39)40)18-35-37-31(30-15-21-9-3-6-13-27(21)43-30)36-26-12-5-4-11-24(26)32(37)38/h3-18H,2,19H2,1H3,(H,39,40). The summed E-state index contributed by atoms with van der Waals surface area (Å²) in [7, 11) is 0. The zero-order valence-electron chi connectivity index (χ0n) is 22.9. The number of rotatable bonds is 9. The highest BCUT2D eigenvalue weighted by atomic mass is 79.9. The Kier molecular flexibility index (Phi) is 7.76. The number of carbonyl (C=O) groups is 1. The van der Waals surface area contributed by atoms with E-state index in [-0.39, 0.29) is 23.6 Å². The van der Waals surface area contributed by atoms with Crippen molar-refractivity contribution in [3.63, 3.8) is 0 Å². The lowest BCUT2D eigenvalue weighted by atomic mass is 10.1. The Labute approximate surface area is 253 Å². The Morgan fingerprint density at radius 2 is 1.79 bits per heavy atom. The van der Waals surface area contributed by atoms with Crippen LogP contribution in [0.2, 0.25) is 0 Å². The van der Waals surface area contributed by atoms with E-state index >= 15 is 0 Å². The quantitative estimate of drug-likeness (QED) is 0.168. The fourth-order valence-electron chi connectivity index (χ4n) is 4.59. The van der Waals surface area contributed by atoms with Gasteiger partial charge in [0.2, 0.25) is 5.82 Å². The van der Waals surface area contributed by atoms with Gasteiger partial charge in [0, 0.05) is 15.4 Å². The molecule has 9 nitrogen and oxygen atoms in total. The second-order valence-corrected chi connectivity index (χ2v) is 10.4. The van der Waals surface area contributed by atoms with Gasteiger partial charge < -0.3 is 19.0 Å². The van der Waals surface area contributed by atoms with E-state index in [1.807, 2.05) is 43.3 Å². The molecule has 0 saturated carbocycles. The third-order valence-electron chi connectivity index (χ3n) is 6.64. The lowest BCUT2D eigenvalue weighted by molar-refractivity contribution is 0.0696. The largest absolute Gasteiger partial charge is 0.490 e. The van der Waals surface area contributed by atoms with Gasteiger partial charge in [0.05, 0.1) is 29.3 Å². The van der Waals surface area contributed by atoms with E-state index in [0.717, 1.165) is 5.39 Å². The number of hydrogen-bond acceptors (Lipinski definition) is 7. The summed E-state index contributed by atoms with van der Waals surface area (Å²) < 4.78 is 19.8. The zero-order valence-corrected chi connectivity index (χ0v) is 24.4. The molecular formula is C33H24BrN3O6. The number of halogens is 1. The molecule has 2 heterocycles. The van der Waals surface area contributed by atoms with Crippen molar-refractivity contribution in [2.45, 2.75) is 13.5 Å². The Hall–Kier alpha value is -5.22. The molecule has 0 saturated heterocycles. The maximum atomic E-state index is 13.6. The highest BCUT2D eigenvalue weighted by Crippen LogP contribution is 2.34. The number of hydrogen-bond donors (Lipinski definition) is 1. The van der Waals surface area contributed by atoms with Gasteiger partial charge in [0.1, 0.15) is 12.2 Å². The summed E-state index contributed by atoms with van der Waals surface area (Å²) in [5.41, 5.74) is 2.36.